The molecule has 0 radical (unpaired) electrons. The average molecular weight is 221 g/mol. The summed E-state index contributed by atoms with van der Waals surface area (Å²) in [5, 5.41) is 12.8. The van der Waals surface area contributed by atoms with Gasteiger partial charge in [-0.25, -0.2) is 0 Å². The standard InChI is InChI=1S/C9H7N3O4/c1-11-9(14)5-3-2-4-6(12(15)16)7(5)8(13)10-11/h2-4H,1H3,(H,10,13). The molecule has 0 spiro atoms. The Morgan fingerprint density at radius 3 is 2.69 bits per heavy atom. The van der Waals surface area contributed by atoms with E-state index >= 15 is 0 Å². The van der Waals surface area contributed by atoms with Gasteiger partial charge in [-0.05, 0) is 6.07 Å². The number of nitro groups is 1. The summed E-state index contributed by atoms with van der Waals surface area (Å²) in [5.41, 5.74) is -1.49. The first-order valence-corrected chi connectivity index (χ1v) is 4.39. The minimum absolute atomic E-state index is 0.0421. The van der Waals surface area contributed by atoms with Gasteiger partial charge >= 0.3 is 0 Å². The van der Waals surface area contributed by atoms with Crippen molar-refractivity contribution in [1.29, 1.82) is 0 Å². The number of nitrogens with one attached hydrogen (secondary N) is 1. The minimum Gasteiger partial charge on any atom is -0.267 e. The van der Waals surface area contributed by atoms with E-state index in [-0.39, 0.29) is 16.5 Å². The number of aryl methyl sites for hydroxylation is 1. The highest BCUT2D eigenvalue weighted by atomic mass is 16.6. The lowest BCUT2D eigenvalue weighted by Crippen LogP contribution is -2.27. The molecule has 0 aliphatic rings. The molecular formula is C9H7N3O4. The van der Waals surface area contributed by atoms with E-state index in [1.807, 2.05) is 0 Å². The summed E-state index contributed by atoms with van der Waals surface area (Å²) >= 11 is 0. The Kier molecular flexibility index (Phi) is 2.08. The zero-order valence-corrected chi connectivity index (χ0v) is 8.26. The smallest absolute Gasteiger partial charge is 0.267 e. The average Bonchev–Trinajstić information content (AvgIpc) is 2.25. The summed E-state index contributed by atoms with van der Waals surface area (Å²) in [5.74, 6) is 0. The fourth-order valence-electron chi connectivity index (χ4n) is 1.55. The van der Waals surface area contributed by atoms with E-state index in [4.69, 9.17) is 0 Å². The number of nitrogens with zero attached hydrogens (tertiary/aromatic N) is 2. The second-order valence-electron chi connectivity index (χ2n) is 3.26. The van der Waals surface area contributed by atoms with Crippen LogP contribution in [0, 0.1) is 10.1 Å². The molecule has 1 N–H and O–H groups in total. The van der Waals surface area contributed by atoms with Crippen LogP contribution in [-0.4, -0.2) is 14.7 Å². The molecular weight excluding hydrogens is 214 g/mol. The molecule has 2 aromatic rings. The maximum absolute atomic E-state index is 11.6. The van der Waals surface area contributed by atoms with E-state index in [0.29, 0.717) is 0 Å². The van der Waals surface area contributed by atoms with Gasteiger partial charge in [-0.1, -0.05) is 6.07 Å². The van der Waals surface area contributed by atoms with Crippen molar-refractivity contribution in [3.05, 3.63) is 49.0 Å². The maximum Gasteiger partial charge on any atom is 0.283 e. The largest absolute Gasteiger partial charge is 0.283 e. The first-order chi connectivity index (χ1) is 7.52. The minimum atomic E-state index is -0.684. The Morgan fingerprint density at radius 1 is 1.38 bits per heavy atom. The summed E-state index contributed by atoms with van der Waals surface area (Å²) in [6.07, 6.45) is 0. The summed E-state index contributed by atoms with van der Waals surface area (Å²) in [6, 6.07) is 3.96. The molecule has 2 rings (SSSR count). The first-order valence-electron chi connectivity index (χ1n) is 4.39. The van der Waals surface area contributed by atoms with Crippen molar-refractivity contribution in [2.24, 2.45) is 7.05 Å². The Labute approximate surface area is 88.1 Å². The maximum atomic E-state index is 11.6. The molecule has 1 aromatic carbocycles. The summed E-state index contributed by atoms with van der Waals surface area (Å²) in [7, 11) is 1.38. The summed E-state index contributed by atoms with van der Waals surface area (Å²) in [4.78, 5) is 33.2. The van der Waals surface area contributed by atoms with Gasteiger partial charge in [0.2, 0.25) is 0 Å². The number of H-pyrrole nitrogens is 1. The second-order valence-corrected chi connectivity index (χ2v) is 3.26. The third kappa shape index (κ3) is 1.29. The highest BCUT2D eigenvalue weighted by Gasteiger charge is 2.17. The van der Waals surface area contributed by atoms with Crippen LogP contribution in [0.3, 0.4) is 0 Å². The SMILES string of the molecule is Cn1[nH]c(=O)c2c([N+](=O)[O-])cccc2c1=O. The normalized spacial score (nSPS) is 10.6. The van der Waals surface area contributed by atoms with Crippen LogP contribution in [0.4, 0.5) is 5.69 Å². The van der Waals surface area contributed by atoms with E-state index in [0.717, 1.165) is 4.68 Å². The van der Waals surface area contributed by atoms with Crippen molar-refractivity contribution >= 4 is 16.5 Å². The molecule has 82 valence electrons. The molecule has 0 amide bonds. The molecule has 0 saturated carbocycles. The molecule has 0 aliphatic carbocycles. The molecule has 7 heteroatoms. The third-order valence-corrected chi connectivity index (χ3v) is 2.27. The zero-order chi connectivity index (χ0) is 11.9. The lowest BCUT2D eigenvalue weighted by Gasteiger charge is -2.00. The fourth-order valence-corrected chi connectivity index (χ4v) is 1.55. The van der Waals surface area contributed by atoms with Crippen molar-refractivity contribution in [3.63, 3.8) is 0 Å². The lowest BCUT2D eigenvalue weighted by atomic mass is 10.1. The van der Waals surface area contributed by atoms with Gasteiger partial charge in [0.25, 0.3) is 16.8 Å². The Bertz CT molecular complexity index is 698. The van der Waals surface area contributed by atoms with Gasteiger partial charge in [0, 0.05) is 13.1 Å². The number of nitro benzene ring substituents is 1. The van der Waals surface area contributed by atoms with Gasteiger partial charge in [0.15, 0.2) is 0 Å². The molecule has 0 fully saturated rings. The number of hydrogen-bond donors (Lipinski definition) is 1. The molecule has 0 bridgehead atoms. The van der Waals surface area contributed by atoms with Crippen LogP contribution >= 0.6 is 0 Å². The molecule has 0 saturated heterocycles. The van der Waals surface area contributed by atoms with Crippen LogP contribution in [0.25, 0.3) is 10.8 Å². The number of benzene rings is 1. The summed E-state index contributed by atoms with van der Waals surface area (Å²) < 4.78 is 0.994. The third-order valence-electron chi connectivity index (χ3n) is 2.27. The molecule has 0 unspecified atom stereocenters. The molecule has 1 aromatic heterocycles. The van der Waals surface area contributed by atoms with Gasteiger partial charge < -0.3 is 0 Å². The molecule has 0 aliphatic heterocycles. The molecule has 1 heterocycles. The number of fused-ring (bicyclic) bond motifs is 1. The predicted molar refractivity (Wildman–Crippen MR) is 56.5 cm³/mol. The van der Waals surface area contributed by atoms with Crippen molar-refractivity contribution in [2.45, 2.75) is 0 Å². The van der Waals surface area contributed by atoms with E-state index in [2.05, 4.69) is 5.10 Å². The van der Waals surface area contributed by atoms with Crippen LogP contribution in [0.1, 0.15) is 0 Å². The van der Waals surface area contributed by atoms with Gasteiger partial charge in [-0.15, -0.1) is 0 Å². The van der Waals surface area contributed by atoms with Crippen LogP contribution in [0.15, 0.2) is 27.8 Å². The quantitative estimate of drug-likeness (QED) is 0.546. The molecule has 16 heavy (non-hydrogen) atoms. The van der Waals surface area contributed by atoms with Crippen molar-refractivity contribution < 1.29 is 4.92 Å². The van der Waals surface area contributed by atoms with E-state index in [1.165, 1.54) is 25.2 Å². The van der Waals surface area contributed by atoms with Gasteiger partial charge in [-0.3, -0.25) is 29.5 Å². The monoisotopic (exact) mass is 221 g/mol. The number of non-ortho nitro benzene ring substituents is 1. The fraction of sp³-hybridized carbons (Fsp3) is 0.111. The topological polar surface area (TPSA) is 98.0 Å². The Balaban J connectivity index is 3.12. The lowest BCUT2D eigenvalue weighted by molar-refractivity contribution is -0.383. The molecule has 7 nitrogen and oxygen atoms in total. The number of hydrogen-bond acceptors (Lipinski definition) is 4. The van der Waals surface area contributed by atoms with Crippen LogP contribution in [0.5, 0.6) is 0 Å². The molecule has 0 atom stereocenters. The summed E-state index contributed by atoms with van der Waals surface area (Å²) in [6.45, 7) is 0. The Hall–Kier alpha value is -2.44. The van der Waals surface area contributed by atoms with E-state index in [9.17, 15) is 19.7 Å². The second kappa shape index (κ2) is 3.30. The van der Waals surface area contributed by atoms with E-state index < -0.39 is 16.0 Å². The zero-order valence-electron chi connectivity index (χ0n) is 8.26. The van der Waals surface area contributed by atoms with Gasteiger partial charge in [0.05, 0.1) is 10.3 Å². The van der Waals surface area contributed by atoms with Crippen molar-refractivity contribution in [1.82, 2.24) is 9.78 Å². The van der Waals surface area contributed by atoms with Gasteiger partial charge in [0.1, 0.15) is 5.39 Å². The Morgan fingerprint density at radius 2 is 2.06 bits per heavy atom. The van der Waals surface area contributed by atoms with Crippen LogP contribution in [-0.2, 0) is 7.05 Å². The van der Waals surface area contributed by atoms with Crippen molar-refractivity contribution in [3.8, 4) is 0 Å². The van der Waals surface area contributed by atoms with Crippen LogP contribution in [0.2, 0.25) is 0 Å². The highest BCUT2D eigenvalue weighted by Crippen LogP contribution is 2.18. The number of aromatic amines is 1. The number of rotatable bonds is 1. The predicted octanol–water partition coefficient (Wildman–Crippen LogP) is 0.135. The van der Waals surface area contributed by atoms with E-state index in [1.54, 1.807) is 0 Å². The van der Waals surface area contributed by atoms with Gasteiger partial charge in [-0.2, -0.15) is 0 Å². The number of aromatic nitrogens is 2. The highest BCUT2D eigenvalue weighted by molar-refractivity contribution is 5.89. The first kappa shape index (κ1) is 10.1. The van der Waals surface area contributed by atoms with Crippen molar-refractivity contribution in [2.75, 3.05) is 0 Å². The van der Waals surface area contributed by atoms with Crippen LogP contribution < -0.4 is 11.1 Å².